The first-order valence-corrected chi connectivity index (χ1v) is 11.9. The van der Waals surface area contributed by atoms with Crippen LogP contribution in [0.15, 0.2) is 24.3 Å². The zero-order chi connectivity index (χ0) is 18.0. The highest BCUT2D eigenvalue weighted by Gasteiger charge is 2.02. The molecule has 0 fully saturated rings. The van der Waals surface area contributed by atoms with E-state index in [0.717, 1.165) is 11.0 Å². The van der Waals surface area contributed by atoms with Crippen molar-refractivity contribution < 1.29 is 24.6 Å². The highest BCUT2D eigenvalue weighted by molar-refractivity contribution is 7.15. The Morgan fingerprint density at radius 3 is 1.82 bits per heavy atom. The maximum Gasteiger partial charge on any atom is 0.335 e. The standard InChI is InChI=1S/C7H6O3.C5H14NO.C3H9Si2/c8-6-4-2-1-3-5(6)7(9)10;1-6(2,3)4-5-7;1-5(2,3)4/h1-4,8H,(H,9,10);7H,4-5H2,1-3H3;1-3H3/q;+1;/p-1. The quantitative estimate of drug-likeness (QED) is 0.637. The monoisotopic (exact) mass is 342 g/mol. The molecule has 1 aromatic rings. The molecule has 0 heterocycles. The molecule has 0 atom stereocenters. The molecule has 0 aliphatic rings. The highest BCUT2D eigenvalue weighted by atomic mass is 29.2. The lowest BCUT2D eigenvalue weighted by Crippen LogP contribution is -2.36. The minimum atomic E-state index is -1.18. The van der Waals surface area contributed by atoms with E-state index in [1.165, 1.54) is 24.3 Å². The lowest BCUT2D eigenvalue weighted by Gasteiger charge is -2.21. The molecule has 125 valence electrons. The molecule has 3 radical (unpaired) electrons. The summed E-state index contributed by atoms with van der Waals surface area (Å²) < 4.78 is 0.844. The zero-order valence-corrected chi connectivity index (χ0v) is 16.4. The van der Waals surface area contributed by atoms with E-state index in [1.807, 2.05) is 0 Å². The van der Waals surface area contributed by atoms with Crippen LogP contribution in [-0.2, 0) is 0 Å². The smallest absolute Gasteiger partial charge is 0.335 e. The first-order valence-electron chi connectivity index (χ1n) is 6.93. The third-order valence-electron chi connectivity index (χ3n) is 1.89. The highest BCUT2D eigenvalue weighted by Crippen LogP contribution is 2.10. The van der Waals surface area contributed by atoms with Crippen LogP contribution in [-0.4, -0.2) is 72.3 Å². The Hall–Kier alpha value is -1.16. The summed E-state index contributed by atoms with van der Waals surface area (Å²) in [7, 11) is 8.91. The van der Waals surface area contributed by atoms with Gasteiger partial charge in [0.2, 0.25) is 0 Å². The fraction of sp³-hybridized carbons (Fsp3) is 0.533. The Kier molecular flexibility index (Phi) is 11.1. The molecular weight excluding hydrogens is 314 g/mol. The predicted molar refractivity (Wildman–Crippen MR) is 91.9 cm³/mol. The first kappa shape index (κ1) is 23.1. The normalized spacial score (nSPS) is 10.7. The van der Waals surface area contributed by atoms with Crippen LogP contribution in [0.1, 0.15) is 10.4 Å². The SMILES string of the molecule is C[N+](C)(C)CCO.C[Si](C)(C)[Si].O=C(O)c1ccccc1[O-]. The van der Waals surface area contributed by atoms with Gasteiger partial charge < -0.3 is 19.8 Å². The van der Waals surface area contributed by atoms with Crippen molar-refractivity contribution in [2.75, 3.05) is 34.3 Å². The van der Waals surface area contributed by atoms with Crippen LogP contribution in [0.25, 0.3) is 0 Å². The summed E-state index contributed by atoms with van der Waals surface area (Å²) in [5.41, 5.74) is -0.178. The molecule has 1 rings (SSSR count). The van der Waals surface area contributed by atoms with Gasteiger partial charge in [-0.2, -0.15) is 0 Å². The number of hydrogen-bond acceptors (Lipinski definition) is 3. The van der Waals surface area contributed by atoms with Crippen LogP contribution >= 0.6 is 0 Å². The number of benzene rings is 1. The summed E-state index contributed by atoms with van der Waals surface area (Å²) in [4.78, 5) is 10.2. The van der Waals surface area contributed by atoms with Crippen molar-refractivity contribution in [3.05, 3.63) is 29.8 Å². The Balaban J connectivity index is 0. The fourth-order valence-corrected chi connectivity index (χ4v) is 0.943. The van der Waals surface area contributed by atoms with Crippen molar-refractivity contribution in [3.63, 3.8) is 0 Å². The number of carboxylic acids is 1. The van der Waals surface area contributed by atoms with Crippen LogP contribution in [0, 0.1) is 0 Å². The van der Waals surface area contributed by atoms with Crippen molar-refractivity contribution in [2.45, 2.75) is 19.6 Å². The van der Waals surface area contributed by atoms with Gasteiger partial charge in [0.1, 0.15) is 6.54 Å². The fourth-order valence-electron chi connectivity index (χ4n) is 0.943. The van der Waals surface area contributed by atoms with E-state index in [1.54, 1.807) is 0 Å². The average molecular weight is 343 g/mol. The molecule has 0 aliphatic carbocycles. The second kappa shape index (κ2) is 10.5. The lowest BCUT2D eigenvalue weighted by molar-refractivity contribution is -0.870. The van der Waals surface area contributed by atoms with Gasteiger partial charge in [0, 0.05) is 17.4 Å². The van der Waals surface area contributed by atoms with E-state index < -0.39 is 19.3 Å². The number of hydrogen-bond donors (Lipinski definition) is 2. The van der Waals surface area contributed by atoms with E-state index in [9.17, 15) is 9.90 Å². The first-order chi connectivity index (χ1) is 9.78. The molecule has 1 aromatic carbocycles. The van der Waals surface area contributed by atoms with Gasteiger partial charge in [-0.25, -0.2) is 4.79 Å². The maximum atomic E-state index is 10.7. The molecule has 0 bridgehead atoms. The minimum absolute atomic E-state index is 0.178. The molecule has 0 amide bonds. The summed E-state index contributed by atoms with van der Waals surface area (Å²) in [6, 6.07) is 5.54. The van der Waals surface area contributed by atoms with Gasteiger partial charge in [-0.15, -0.1) is 0 Å². The third-order valence-corrected chi connectivity index (χ3v) is 1.89. The van der Waals surface area contributed by atoms with Gasteiger partial charge in [-0.05, 0) is 6.07 Å². The Morgan fingerprint density at radius 1 is 1.23 bits per heavy atom. The van der Waals surface area contributed by atoms with Crippen LogP contribution in [0.4, 0.5) is 0 Å². The number of para-hydroxylation sites is 1. The maximum absolute atomic E-state index is 10.7. The average Bonchev–Trinajstić information content (AvgIpc) is 2.25. The summed E-state index contributed by atoms with van der Waals surface area (Å²) in [6.07, 6.45) is 0. The second-order valence-corrected chi connectivity index (χ2v) is 15.8. The van der Waals surface area contributed by atoms with Gasteiger partial charge in [-0.3, -0.25) is 0 Å². The zero-order valence-electron chi connectivity index (χ0n) is 14.4. The van der Waals surface area contributed by atoms with E-state index >= 15 is 0 Å². The Morgan fingerprint density at radius 2 is 1.64 bits per heavy atom. The lowest BCUT2D eigenvalue weighted by atomic mass is 10.2. The van der Waals surface area contributed by atoms with E-state index in [0.29, 0.717) is 0 Å². The molecule has 0 saturated carbocycles. The van der Waals surface area contributed by atoms with Crippen LogP contribution < -0.4 is 5.11 Å². The van der Waals surface area contributed by atoms with Crippen molar-refractivity contribution >= 4 is 23.3 Å². The van der Waals surface area contributed by atoms with Crippen molar-refractivity contribution in [3.8, 4) is 5.75 Å². The number of aromatic carboxylic acids is 1. The van der Waals surface area contributed by atoms with Crippen LogP contribution in [0.2, 0.25) is 19.6 Å². The Labute approximate surface area is 138 Å². The minimum Gasteiger partial charge on any atom is -0.872 e. The Bertz CT molecular complexity index is 434. The molecule has 0 saturated heterocycles. The number of carbonyl (C=O) groups is 1. The van der Waals surface area contributed by atoms with Crippen LogP contribution in [0.3, 0.4) is 0 Å². The van der Waals surface area contributed by atoms with Gasteiger partial charge in [0.05, 0.1) is 33.3 Å². The number of aliphatic hydroxyl groups is 1. The summed E-state index contributed by atoms with van der Waals surface area (Å²) in [6.45, 7) is 7.83. The third kappa shape index (κ3) is 18.8. The van der Waals surface area contributed by atoms with E-state index in [-0.39, 0.29) is 12.2 Å². The molecule has 0 aliphatic heterocycles. The molecule has 5 nitrogen and oxygen atoms in total. The molecule has 22 heavy (non-hydrogen) atoms. The topological polar surface area (TPSA) is 80.6 Å². The molecular formula is C15H28NO4Si2. The molecule has 0 aromatic heterocycles. The molecule has 2 N–H and O–H groups in total. The number of likely N-dealkylation sites (N-methyl/N-ethyl adjacent to an activating group) is 1. The number of aliphatic hydroxyl groups excluding tert-OH is 1. The van der Waals surface area contributed by atoms with Crippen molar-refractivity contribution in [2.24, 2.45) is 0 Å². The number of nitrogens with zero attached hydrogens (tertiary/aromatic N) is 1. The number of carboxylic acid groups (broad SMARTS) is 1. The molecule has 0 unspecified atom stereocenters. The second-order valence-electron chi connectivity index (χ2n) is 6.79. The predicted octanol–water partition coefficient (Wildman–Crippen LogP) is 1.13. The summed E-state index contributed by atoms with van der Waals surface area (Å²) in [5, 5.41) is 27.4. The van der Waals surface area contributed by atoms with Crippen molar-refractivity contribution in [1.29, 1.82) is 0 Å². The van der Waals surface area contributed by atoms with Crippen LogP contribution in [0.5, 0.6) is 5.75 Å². The number of quaternary nitrogens is 1. The molecule has 7 heteroatoms. The molecule has 0 spiro atoms. The van der Waals surface area contributed by atoms with Gasteiger partial charge in [0.25, 0.3) is 0 Å². The summed E-state index contributed by atoms with van der Waals surface area (Å²) >= 11 is 0. The van der Waals surface area contributed by atoms with Gasteiger partial charge in [0.15, 0.2) is 0 Å². The van der Waals surface area contributed by atoms with Crippen molar-refractivity contribution in [1.82, 2.24) is 0 Å². The van der Waals surface area contributed by atoms with E-state index in [4.69, 9.17) is 10.2 Å². The van der Waals surface area contributed by atoms with E-state index in [2.05, 4.69) is 50.5 Å². The van der Waals surface area contributed by atoms with Gasteiger partial charge in [-0.1, -0.05) is 43.6 Å². The number of rotatable bonds is 3. The summed E-state index contributed by atoms with van der Waals surface area (Å²) in [5.74, 6) is -1.62. The van der Waals surface area contributed by atoms with Gasteiger partial charge >= 0.3 is 5.97 Å². The largest absolute Gasteiger partial charge is 0.872 e.